The summed E-state index contributed by atoms with van der Waals surface area (Å²) in [5.41, 5.74) is 0.620. The van der Waals surface area contributed by atoms with Gasteiger partial charge in [-0.25, -0.2) is 0 Å². The highest BCUT2D eigenvalue weighted by Gasteiger charge is 2.58. The van der Waals surface area contributed by atoms with E-state index in [9.17, 15) is 0 Å². The number of hydrogen-bond donors (Lipinski definition) is 0. The minimum absolute atomic E-state index is 0.0280. The summed E-state index contributed by atoms with van der Waals surface area (Å²) >= 11 is 0. The van der Waals surface area contributed by atoms with Crippen LogP contribution in [0.4, 0.5) is 0 Å². The van der Waals surface area contributed by atoms with Gasteiger partial charge in [0.15, 0.2) is 6.29 Å². The van der Waals surface area contributed by atoms with Crippen LogP contribution in [0.25, 0.3) is 0 Å². The van der Waals surface area contributed by atoms with E-state index in [4.69, 9.17) is 42.3 Å². The summed E-state index contributed by atoms with van der Waals surface area (Å²) in [6.45, 7) is 16.2. The van der Waals surface area contributed by atoms with E-state index < -0.39 is 25.8 Å². The molecule has 9 nitrogen and oxygen atoms in total. The SMILES string of the molecule is COc1ccc(COC[C@H](C)[C@H]2O[C@H]3CCCO[C@@H]3C[C@@H]2O[C@@H]2CC3O[C@H](c4ccccc4)OC[C@@]3(C)O[C@@]2(C)CCO[Si](c2ccccc2)(c2ccccc2)C(C)(C)C)cc1. The summed E-state index contributed by atoms with van der Waals surface area (Å²) in [5.74, 6) is 0.889. The lowest BCUT2D eigenvalue weighted by atomic mass is 9.80. The third-order valence-electron chi connectivity index (χ3n) is 13.7. The van der Waals surface area contributed by atoms with Gasteiger partial charge in [-0.2, -0.15) is 0 Å². The van der Waals surface area contributed by atoms with E-state index in [-0.39, 0.29) is 47.6 Å². The molecule has 4 heterocycles. The van der Waals surface area contributed by atoms with Gasteiger partial charge in [0.05, 0.1) is 69.2 Å². The molecule has 4 saturated heterocycles. The molecule has 1 unspecified atom stereocenters. The number of ether oxygens (including phenoxy) is 8. The summed E-state index contributed by atoms with van der Waals surface area (Å²) in [6.07, 6.45) is 2.36. The zero-order valence-electron chi connectivity index (χ0n) is 37.8. The number of methoxy groups -OCH3 is 1. The van der Waals surface area contributed by atoms with E-state index >= 15 is 0 Å². The number of hydrogen-bond acceptors (Lipinski definition) is 9. The van der Waals surface area contributed by atoms with Crippen molar-refractivity contribution in [3.63, 3.8) is 0 Å². The highest BCUT2D eigenvalue weighted by atomic mass is 28.4. The molecule has 10 heteroatoms. The third kappa shape index (κ3) is 9.65. The van der Waals surface area contributed by atoms with Crippen LogP contribution in [-0.2, 0) is 44.2 Å². The maximum absolute atomic E-state index is 7.51. The molecule has 0 N–H and O–H groups in total. The smallest absolute Gasteiger partial charge is 0.261 e. The Kier molecular flexibility index (Phi) is 14.1. The fraction of sp³-hybridized carbons (Fsp3) is 0.538. The maximum Gasteiger partial charge on any atom is 0.261 e. The van der Waals surface area contributed by atoms with Gasteiger partial charge < -0.3 is 42.3 Å². The molecule has 8 rings (SSSR count). The van der Waals surface area contributed by atoms with Crippen LogP contribution in [0.15, 0.2) is 115 Å². The standard InChI is InChI=1S/C52H68O9Si/c1-37(34-54-35-38-25-27-40(53-7)28-26-38)48-45(32-44-43(59-48)24-17-30-55-44)58-46-33-47-52(6,36-56-49(60-47)39-18-11-8-12-19-39)61-51(46,5)29-31-57-62(50(2,3)4,41-20-13-9-14-21-41)42-22-15-10-16-23-42/h8-16,18-23,25-28,37,43-49H,17,24,29-36H2,1-7H3/t37-,43-,44+,45-,46+,47?,48+,49+,51-,52+/m0/s1. The van der Waals surface area contributed by atoms with Gasteiger partial charge in [-0.3, -0.25) is 0 Å². The van der Waals surface area contributed by atoms with Crippen LogP contribution in [0.5, 0.6) is 5.75 Å². The molecular weight excluding hydrogens is 797 g/mol. The van der Waals surface area contributed by atoms with E-state index in [1.807, 2.05) is 42.5 Å². The Morgan fingerprint density at radius 2 is 1.45 bits per heavy atom. The second-order valence-electron chi connectivity index (χ2n) is 19.3. The molecule has 0 amide bonds. The van der Waals surface area contributed by atoms with Crippen molar-refractivity contribution in [2.24, 2.45) is 5.92 Å². The lowest BCUT2D eigenvalue weighted by molar-refractivity contribution is -0.368. The first-order valence-corrected chi connectivity index (χ1v) is 24.7. The zero-order chi connectivity index (χ0) is 43.4. The van der Waals surface area contributed by atoms with Gasteiger partial charge in [0.2, 0.25) is 0 Å². The van der Waals surface area contributed by atoms with Crippen LogP contribution >= 0.6 is 0 Å². The van der Waals surface area contributed by atoms with Crippen molar-refractivity contribution in [2.45, 2.75) is 139 Å². The molecule has 10 atom stereocenters. The quantitative estimate of drug-likeness (QED) is 0.109. The Morgan fingerprint density at radius 3 is 2.10 bits per heavy atom. The van der Waals surface area contributed by atoms with Crippen molar-refractivity contribution in [3.8, 4) is 5.75 Å². The second kappa shape index (κ2) is 19.4. The second-order valence-corrected chi connectivity index (χ2v) is 23.6. The molecule has 0 bridgehead atoms. The average molecular weight is 865 g/mol. The lowest BCUT2D eigenvalue weighted by Crippen LogP contribution is -2.68. The van der Waals surface area contributed by atoms with Crippen LogP contribution in [0.1, 0.15) is 91.1 Å². The Bertz CT molecular complexity index is 1960. The van der Waals surface area contributed by atoms with E-state index in [2.05, 4.69) is 114 Å². The van der Waals surface area contributed by atoms with Crippen molar-refractivity contribution in [1.82, 2.24) is 0 Å². The van der Waals surface area contributed by atoms with Crippen LogP contribution in [0.3, 0.4) is 0 Å². The predicted molar refractivity (Wildman–Crippen MR) is 243 cm³/mol. The lowest BCUT2D eigenvalue weighted by Gasteiger charge is -2.57. The molecule has 0 aromatic heterocycles. The molecule has 4 aliphatic rings. The van der Waals surface area contributed by atoms with E-state index in [1.54, 1.807) is 7.11 Å². The van der Waals surface area contributed by atoms with Crippen LogP contribution in [-0.4, -0.2) is 89.7 Å². The van der Waals surface area contributed by atoms with Gasteiger partial charge >= 0.3 is 0 Å². The normalized spacial score (nSPS) is 30.8. The molecule has 4 aromatic carbocycles. The van der Waals surface area contributed by atoms with E-state index in [1.165, 1.54) is 10.4 Å². The molecule has 0 radical (unpaired) electrons. The van der Waals surface area contributed by atoms with Gasteiger partial charge in [0.1, 0.15) is 11.4 Å². The van der Waals surface area contributed by atoms with Crippen LogP contribution in [0.2, 0.25) is 5.04 Å². The van der Waals surface area contributed by atoms with Crippen molar-refractivity contribution in [2.75, 3.05) is 33.5 Å². The first-order valence-electron chi connectivity index (χ1n) is 22.8. The molecule has 62 heavy (non-hydrogen) atoms. The average Bonchev–Trinajstić information content (AvgIpc) is 3.28. The summed E-state index contributed by atoms with van der Waals surface area (Å²) < 4.78 is 60.9. The van der Waals surface area contributed by atoms with Crippen molar-refractivity contribution >= 4 is 18.7 Å². The Labute approximate surface area is 370 Å². The summed E-state index contributed by atoms with van der Waals surface area (Å²) in [7, 11) is -1.14. The van der Waals surface area contributed by atoms with Crippen LogP contribution < -0.4 is 15.1 Å². The zero-order valence-corrected chi connectivity index (χ0v) is 38.8. The molecular formula is C52H68O9Si. The van der Waals surface area contributed by atoms with Crippen molar-refractivity contribution < 1.29 is 42.3 Å². The van der Waals surface area contributed by atoms with Gasteiger partial charge in [-0.1, -0.05) is 131 Å². The number of rotatable bonds is 15. The van der Waals surface area contributed by atoms with E-state index in [0.717, 1.165) is 42.7 Å². The summed E-state index contributed by atoms with van der Waals surface area (Å²) in [4.78, 5) is 0. The van der Waals surface area contributed by atoms with Crippen molar-refractivity contribution in [1.29, 1.82) is 0 Å². The van der Waals surface area contributed by atoms with Crippen molar-refractivity contribution in [3.05, 3.63) is 126 Å². The number of fused-ring (bicyclic) bond motifs is 2. The fourth-order valence-corrected chi connectivity index (χ4v) is 14.9. The largest absolute Gasteiger partial charge is 0.497 e. The van der Waals surface area contributed by atoms with Gasteiger partial charge in [-0.05, 0) is 59.8 Å². The Balaban J connectivity index is 1.07. The fourth-order valence-electron chi connectivity index (χ4n) is 10.3. The highest BCUT2D eigenvalue weighted by molar-refractivity contribution is 6.99. The minimum atomic E-state index is -2.82. The van der Waals surface area contributed by atoms with Crippen LogP contribution in [0, 0.1) is 5.92 Å². The topological polar surface area (TPSA) is 83.1 Å². The highest BCUT2D eigenvalue weighted by Crippen LogP contribution is 2.48. The predicted octanol–water partition coefficient (Wildman–Crippen LogP) is 8.96. The molecule has 0 saturated carbocycles. The molecule has 0 spiro atoms. The van der Waals surface area contributed by atoms with Gasteiger partial charge in [0.25, 0.3) is 8.32 Å². The van der Waals surface area contributed by atoms with Gasteiger partial charge in [0, 0.05) is 44.0 Å². The summed E-state index contributed by atoms with van der Waals surface area (Å²) in [6, 6.07) is 39.9. The number of benzene rings is 4. The maximum atomic E-state index is 7.51. The monoisotopic (exact) mass is 864 g/mol. The van der Waals surface area contributed by atoms with E-state index in [0.29, 0.717) is 39.3 Å². The molecule has 4 aromatic rings. The summed E-state index contributed by atoms with van der Waals surface area (Å²) in [5, 5.41) is 2.34. The van der Waals surface area contributed by atoms with Gasteiger partial charge in [-0.15, -0.1) is 0 Å². The Morgan fingerprint density at radius 1 is 0.790 bits per heavy atom. The first-order chi connectivity index (χ1) is 29.9. The molecule has 0 aliphatic carbocycles. The Hall–Kier alpha value is -3.42. The molecule has 4 fully saturated rings. The minimum Gasteiger partial charge on any atom is -0.497 e. The molecule has 4 aliphatic heterocycles. The first kappa shape index (κ1) is 45.2. The molecule has 334 valence electrons. The third-order valence-corrected chi connectivity index (χ3v) is 18.8.